The molecule has 0 radical (unpaired) electrons. The summed E-state index contributed by atoms with van der Waals surface area (Å²) < 4.78 is 0. The molecular weight excluding hydrogens is 300 g/mol. The van der Waals surface area contributed by atoms with Crippen LogP contribution in [0, 0.1) is 0 Å². The molecule has 2 N–H and O–H groups in total. The highest BCUT2D eigenvalue weighted by atomic mass is 35.5. The predicted octanol–water partition coefficient (Wildman–Crippen LogP) is 4.60. The van der Waals surface area contributed by atoms with Gasteiger partial charge < -0.3 is 10.2 Å². The molecule has 0 aliphatic heterocycles. The van der Waals surface area contributed by atoms with E-state index in [0.29, 0.717) is 23.4 Å². The smallest absolute Gasteiger partial charge is 0.314 e. The Kier molecular flexibility index (Phi) is 4.35. The number of phenolic OH excluding ortho intramolecular Hbond substituents is 1. The van der Waals surface area contributed by atoms with E-state index < -0.39 is 11.4 Å². The first kappa shape index (κ1) is 15.7. The first-order chi connectivity index (χ1) is 10.6. The van der Waals surface area contributed by atoms with Gasteiger partial charge in [-0.25, -0.2) is 0 Å². The van der Waals surface area contributed by atoms with E-state index >= 15 is 0 Å². The van der Waals surface area contributed by atoms with Crippen LogP contribution in [0.4, 0.5) is 0 Å². The van der Waals surface area contributed by atoms with E-state index in [0.717, 1.165) is 62.5 Å². The maximum Gasteiger partial charge on any atom is 0.314 e. The molecule has 0 saturated heterocycles. The van der Waals surface area contributed by atoms with E-state index in [9.17, 15) is 15.0 Å². The molecule has 120 valence electrons. The van der Waals surface area contributed by atoms with Crippen molar-refractivity contribution in [3.8, 4) is 5.75 Å². The van der Waals surface area contributed by atoms with Gasteiger partial charge in [-0.2, -0.15) is 0 Å². The zero-order valence-corrected chi connectivity index (χ0v) is 13.6. The van der Waals surface area contributed by atoms with E-state index in [1.165, 1.54) is 0 Å². The van der Waals surface area contributed by atoms with Crippen LogP contribution in [0.5, 0.6) is 5.75 Å². The van der Waals surface area contributed by atoms with Crippen LogP contribution in [-0.2, 0) is 23.1 Å². The van der Waals surface area contributed by atoms with Gasteiger partial charge in [0.25, 0.3) is 0 Å². The number of carbonyl (C=O) groups is 1. The summed E-state index contributed by atoms with van der Waals surface area (Å²) in [5.41, 5.74) is 1.75. The molecule has 3 nitrogen and oxygen atoms in total. The monoisotopic (exact) mass is 322 g/mol. The lowest BCUT2D eigenvalue weighted by Gasteiger charge is -2.35. The van der Waals surface area contributed by atoms with Crippen molar-refractivity contribution in [3.63, 3.8) is 0 Å². The van der Waals surface area contributed by atoms with E-state index in [1.54, 1.807) is 0 Å². The number of rotatable bonds is 2. The normalized spacial score (nSPS) is 21.0. The Labute approximate surface area is 136 Å². The van der Waals surface area contributed by atoms with Crippen LogP contribution in [0.2, 0.25) is 5.02 Å². The van der Waals surface area contributed by atoms with Crippen molar-refractivity contribution in [3.05, 3.63) is 27.8 Å². The standard InChI is InChI=1S/C18H23ClO3/c19-15-13-8-4-1-3-7-12(13)11-14(16(15)20)18(17(21)22)9-5-2-6-10-18/h11,20H,1-10H2,(H,21,22). The van der Waals surface area contributed by atoms with Crippen molar-refractivity contribution < 1.29 is 15.0 Å². The molecule has 4 heteroatoms. The zero-order valence-electron chi connectivity index (χ0n) is 12.8. The van der Waals surface area contributed by atoms with E-state index in [-0.39, 0.29) is 5.75 Å². The molecule has 2 aliphatic carbocycles. The molecule has 0 atom stereocenters. The average molecular weight is 323 g/mol. The summed E-state index contributed by atoms with van der Waals surface area (Å²) in [6.45, 7) is 0. The third-order valence-electron chi connectivity index (χ3n) is 5.44. The van der Waals surface area contributed by atoms with Crippen LogP contribution in [-0.4, -0.2) is 16.2 Å². The molecule has 0 spiro atoms. The summed E-state index contributed by atoms with van der Waals surface area (Å²) in [5.74, 6) is -0.821. The third-order valence-corrected chi connectivity index (χ3v) is 5.85. The summed E-state index contributed by atoms with van der Waals surface area (Å²) in [6.07, 6.45) is 9.17. The Hall–Kier alpha value is -1.22. The van der Waals surface area contributed by atoms with Gasteiger partial charge in [-0.15, -0.1) is 0 Å². The van der Waals surface area contributed by atoms with Crippen LogP contribution >= 0.6 is 11.6 Å². The summed E-state index contributed by atoms with van der Waals surface area (Å²) >= 11 is 6.43. The topological polar surface area (TPSA) is 57.5 Å². The maximum absolute atomic E-state index is 12.0. The Bertz CT molecular complexity index is 588. The molecule has 1 saturated carbocycles. The van der Waals surface area contributed by atoms with Crippen LogP contribution in [0.25, 0.3) is 0 Å². The Balaban J connectivity index is 2.15. The van der Waals surface area contributed by atoms with Gasteiger partial charge >= 0.3 is 5.97 Å². The minimum atomic E-state index is -0.965. The number of aryl methyl sites for hydroxylation is 1. The molecule has 1 aromatic rings. The molecule has 0 heterocycles. The van der Waals surface area contributed by atoms with Crippen molar-refractivity contribution in [2.24, 2.45) is 0 Å². The number of carboxylic acid groups (broad SMARTS) is 1. The third kappa shape index (κ3) is 2.50. The van der Waals surface area contributed by atoms with Gasteiger partial charge in [0.1, 0.15) is 5.75 Å². The van der Waals surface area contributed by atoms with Crippen LogP contribution in [0.1, 0.15) is 68.1 Å². The Morgan fingerprint density at radius 2 is 1.68 bits per heavy atom. The van der Waals surface area contributed by atoms with Crippen LogP contribution in [0.3, 0.4) is 0 Å². The highest BCUT2D eigenvalue weighted by Gasteiger charge is 2.44. The Morgan fingerprint density at radius 1 is 1.05 bits per heavy atom. The molecule has 0 bridgehead atoms. The number of carboxylic acids is 1. The van der Waals surface area contributed by atoms with E-state index in [1.807, 2.05) is 6.07 Å². The van der Waals surface area contributed by atoms with Crippen molar-refractivity contribution in [1.29, 1.82) is 0 Å². The highest BCUT2D eigenvalue weighted by molar-refractivity contribution is 6.33. The number of fused-ring (bicyclic) bond motifs is 1. The molecule has 3 rings (SSSR count). The van der Waals surface area contributed by atoms with Crippen molar-refractivity contribution in [2.45, 2.75) is 69.6 Å². The first-order valence-corrected chi connectivity index (χ1v) is 8.71. The van der Waals surface area contributed by atoms with Gasteiger partial charge in [-0.1, -0.05) is 43.4 Å². The second-order valence-electron chi connectivity index (χ2n) is 6.73. The lowest BCUT2D eigenvalue weighted by atomic mass is 9.68. The quantitative estimate of drug-likeness (QED) is 0.782. The fourth-order valence-electron chi connectivity index (χ4n) is 4.14. The molecule has 0 aromatic heterocycles. The van der Waals surface area contributed by atoms with Crippen molar-refractivity contribution in [1.82, 2.24) is 0 Å². The number of phenols is 1. The highest BCUT2D eigenvalue weighted by Crippen LogP contribution is 2.47. The Morgan fingerprint density at radius 3 is 2.36 bits per heavy atom. The predicted molar refractivity (Wildman–Crippen MR) is 86.8 cm³/mol. The summed E-state index contributed by atoms with van der Waals surface area (Å²) in [4.78, 5) is 12.0. The number of aliphatic carboxylic acids is 1. The van der Waals surface area contributed by atoms with E-state index in [2.05, 4.69) is 0 Å². The van der Waals surface area contributed by atoms with Gasteiger partial charge in [0, 0.05) is 5.56 Å². The average Bonchev–Trinajstić information content (AvgIpc) is 2.77. The van der Waals surface area contributed by atoms with Crippen molar-refractivity contribution in [2.75, 3.05) is 0 Å². The SMILES string of the molecule is O=C(O)C1(c2cc3c(c(Cl)c2O)CCCCC3)CCCCC1. The number of hydrogen-bond acceptors (Lipinski definition) is 2. The second-order valence-corrected chi connectivity index (χ2v) is 7.11. The molecule has 2 aliphatic rings. The summed E-state index contributed by atoms with van der Waals surface area (Å²) in [7, 11) is 0. The number of benzene rings is 1. The van der Waals surface area contributed by atoms with Gasteiger partial charge in [0.15, 0.2) is 0 Å². The largest absolute Gasteiger partial charge is 0.506 e. The molecule has 0 unspecified atom stereocenters. The van der Waals surface area contributed by atoms with Crippen molar-refractivity contribution >= 4 is 17.6 Å². The summed E-state index contributed by atoms with van der Waals surface area (Å²) in [6, 6.07) is 1.95. The molecule has 22 heavy (non-hydrogen) atoms. The maximum atomic E-state index is 12.0. The first-order valence-electron chi connectivity index (χ1n) is 8.33. The minimum absolute atomic E-state index is 0.00613. The molecular formula is C18H23ClO3. The van der Waals surface area contributed by atoms with Gasteiger partial charge in [0.05, 0.1) is 10.4 Å². The number of halogens is 1. The number of aromatic hydroxyl groups is 1. The zero-order chi connectivity index (χ0) is 15.7. The van der Waals surface area contributed by atoms with Crippen LogP contribution in [0.15, 0.2) is 6.07 Å². The van der Waals surface area contributed by atoms with Crippen LogP contribution < -0.4 is 0 Å². The molecule has 1 aromatic carbocycles. The van der Waals surface area contributed by atoms with E-state index in [4.69, 9.17) is 11.6 Å². The minimum Gasteiger partial charge on any atom is -0.506 e. The van der Waals surface area contributed by atoms with Gasteiger partial charge in [0.2, 0.25) is 0 Å². The number of hydrogen-bond donors (Lipinski definition) is 2. The fourth-order valence-corrected chi connectivity index (χ4v) is 4.46. The second kappa shape index (κ2) is 6.11. The molecule has 0 amide bonds. The molecule has 1 fully saturated rings. The fraction of sp³-hybridized carbons (Fsp3) is 0.611. The lowest BCUT2D eigenvalue weighted by molar-refractivity contribution is -0.145. The van der Waals surface area contributed by atoms with Gasteiger partial charge in [-0.05, 0) is 49.7 Å². The summed E-state index contributed by atoms with van der Waals surface area (Å²) in [5, 5.41) is 20.9. The lowest BCUT2D eigenvalue weighted by Crippen LogP contribution is -2.38. The van der Waals surface area contributed by atoms with Gasteiger partial charge in [-0.3, -0.25) is 4.79 Å².